The summed E-state index contributed by atoms with van der Waals surface area (Å²) >= 11 is 0. The zero-order valence-electron chi connectivity index (χ0n) is 6.28. The molecule has 0 saturated carbocycles. The van der Waals surface area contributed by atoms with E-state index in [0.717, 1.165) is 0 Å². The number of hydrogen-bond acceptors (Lipinski definition) is 0. The van der Waals surface area contributed by atoms with Gasteiger partial charge < -0.3 is 12.0 Å². The Kier molecular flexibility index (Phi) is 31.2. The van der Waals surface area contributed by atoms with E-state index < -0.39 is 0 Å². The summed E-state index contributed by atoms with van der Waals surface area (Å²) in [6.07, 6.45) is 2.50. The second kappa shape index (κ2) is 15.7. The molecule has 0 aliphatic heterocycles. The maximum Gasteiger partial charge on any atom is 0 e. The molecule has 0 spiro atoms. The van der Waals surface area contributed by atoms with Crippen LogP contribution in [0.15, 0.2) is 6.58 Å². The maximum absolute atomic E-state index is 3.24. The first kappa shape index (κ1) is 15.9. The molecule has 0 atom stereocenters. The van der Waals surface area contributed by atoms with Gasteiger partial charge in [-0.25, -0.2) is 0 Å². The molecular formula is C7H14Y-2. The first-order valence-corrected chi connectivity index (χ1v) is 2.35. The number of hydrogen-bond donors (Lipinski definition) is 0. The minimum absolute atomic E-state index is 0. The van der Waals surface area contributed by atoms with Crippen LogP contribution in [-0.4, -0.2) is 0 Å². The van der Waals surface area contributed by atoms with Gasteiger partial charge in [0.2, 0.25) is 0 Å². The van der Waals surface area contributed by atoms with Gasteiger partial charge in [-0.2, -0.15) is 27.7 Å². The molecule has 8 heavy (non-hydrogen) atoms. The fourth-order valence-corrected chi connectivity index (χ4v) is 0. The Morgan fingerprint density at radius 1 is 1.25 bits per heavy atom. The Hall–Kier alpha value is 0.844. The Balaban J connectivity index is -0.0000000575. The van der Waals surface area contributed by atoms with Gasteiger partial charge in [0.05, 0.1) is 0 Å². The molecule has 0 nitrogen and oxygen atoms in total. The standard InChI is InChI=1S/C4H9.C3H5.Y/c1-4(2)3;1-3-2;/h1-3H3;1H2,2H3;/q2*-1;. The zero-order chi connectivity index (χ0) is 6.28. The first-order chi connectivity index (χ1) is 3.15. The Labute approximate surface area is 78.6 Å². The van der Waals surface area contributed by atoms with Crippen LogP contribution in [0.3, 0.4) is 0 Å². The zero-order valence-corrected chi connectivity index (χ0v) is 9.12. The minimum atomic E-state index is 0. The van der Waals surface area contributed by atoms with Crippen molar-refractivity contribution >= 4 is 0 Å². The molecule has 0 aliphatic rings. The van der Waals surface area contributed by atoms with E-state index in [-0.39, 0.29) is 32.7 Å². The van der Waals surface area contributed by atoms with Crippen molar-refractivity contribution in [3.8, 4) is 0 Å². The average Bonchev–Trinajstić information content (AvgIpc) is 1.33. The van der Waals surface area contributed by atoms with Crippen molar-refractivity contribution < 1.29 is 32.7 Å². The van der Waals surface area contributed by atoms with Crippen molar-refractivity contribution in [1.29, 1.82) is 0 Å². The van der Waals surface area contributed by atoms with Crippen molar-refractivity contribution in [1.82, 2.24) is 0 Å². The third-order valence-corrected chi connectivity index (χ3v) is 0. The summed E-state index contributed by atoms with van der Waals surface area (Å²) < 4.78 is 0. The van der Waals surface area contributed by atoms with E-state index in [4.69, 9.17) is 0 Å². The van der Waals surface area contributed by atoms with E-state index >= 15 is 0 Å². The van der Waals surface area contributed by atoms with Crippen molar-refractivity contribution in [2.45, 2.75) is 27.7 Å². The van der Waals surface area contributed by atoms with Crippen LogP contribution in [0.5, 0.6) is 0 Å². The summed E-state index contributed by atoms with van der Waals surface area (Å²) in [4.78, 5) is 0. The van der Waals surface area contributed by atoms with Gasteiger partial charge in [0, 0.05) is 32.7 Å². The van der Waals surface area contributed by atoms with Crippen molar-refractivity contribution in [2.24, 2.45) is 0 Å². The normalized spacial score (nSPS) is 6.12. The summed E-state index contributed by atoms with van der Waals surface area (Å²) in [7, 11) is 0. The Bertz CT molecular complexity index is 28.6. The quantitative estimate of drug-likeness (QED) is 0.511. The average molecular weight is 187 g/mol. The molecule has 0 aromatic rings. The molecule has 0 N–H and O–H groups in total. The molecule has 0 amide bonds. The molecular weight excluding hydrogens is 173 g/mol. The molecule has 1 heteroatoms. The second-order valence-corrected chi connectivity index (χ2v) is 1.85. The molecule has 1 radical (unpaired) electrons. The topological polar surface area (TPSA) is 0 Å². The number of rotatable bonds is 0. The summed E-state index contributed by atoms with van der Waals surface area (Å²) in [5.74, 6) is 1.42. The molecule has 0 rings (SSSR count). The van der Waals surface area contributed by atoms with Crippen molar-refractivity contribution in [3.05, 3.63) is 18.6 Å². The van der Waals surface area contributed by atoms with Gasteiger partial charge in [0.25, 0.3) is 0 Å². The van der Waals surface area contributed by atoms with Gasteiger partial charge in [0.15, 0.2) is 0 Å². The summed E-state index contributed by atoms with van der Waals surface area (Å²) in [5, 5.41) is 0. The molecule has 0 unspecified atom stereocenters. The second-order valence-electron chi connectivity index (χ2n) is 1.85. The summed E-state index contributed by atoms with van der Waals surface area (Å²) in [5.41, 5.74) is 0. The van der Waals surface area contributed by atoms with E-state index in [0.29, 0.717) is 0 Å². The largest absolute Gasteiger partial charge is 0.507 e. The van der Waals surface area contributed by atoms with Gasteiger partial charge in [-0.3, -0.25) is 6.58 Å². The van der Waals surface area contributed by atoms with Gasteiger partial charge in [0.1, 0.15) is 0 Å². The fraction of sp³-hybridized carbons (Fsp3) is 0.571. The summed E-state index contributed by atoms with van der Waals surface area (Å²) in [6, 6.07) is 0. The molecule has 0 aliphatic carbocycles. The van der Waals surface area contributed by atoms with Crippen LogP contribution in [0.1, 0.15) is 27.7 Å². The van der Waals surface area contributed by atoms with Crippen LogP contribution < -0.4 is 0 Å². The van der Waals surface area contributed by atoms with Crippen LogP contribution in [-0.2, 0) is 32.7 Å². The van der Waals surface area contributed by atoms with Gasteiger partial charge in [-0.05, 0) is 0 Å². The van der Waals surface area contributed by atoms with E-state index in [9.17, 15) is 0 Å². The molecule has 0 heterocycles. The van der Waals surface area contributed by atoms with Crippen LogP contribution in [0, 0.1) is 12.0 Å². The van der Waals surface area contributed by atoms with Gasteiger partial charge in [-0.15, -0.1) is 0 Å². The summed E-state index contributed by atoms with van der Waals surface area (Å²) in [6.45, 7) is 11.3. The minimum Gasteiger partial charge on any atom is -0.507 e. The van der Waals surface area contributed by atoms with Crippen LogP contribution in [0.2, 0.25) is 0 Å². The first-order valence-electron chi connectivity index (χ1n) is 2.35. The van der Waals surface area contributed by atoms with Crippen LogP contribution in [0.25, 0.3) is 0 Å². The Morgan fingerprint density at radius 2 is 1.25 bits per heavy atom. The predicted octanol–water partition coefficient (Wildman–Crippen LogP) is 2.61. The smallest absolute Gasteiger partial charge is 0 e. The monoisotopic (exact) mass is 187 g/mol. The molecule has 0 aromatic heterocycles. The SMILES string of the molecule is C=[C-]C.C[C-](C)C.[Y]. The predicted molar refractivity (Wildman–Crippen MR) is 34.8 cm³/mol. The van der Waals surface area contributed by atoms with Gasteiger partial charge >= 0.3 is 0 Å². The van der Waals surface area contributed by atoms with E-state index in [2.05, 4.69) is 33.4 Å². The third-order valence-electron chi connectivity index (χ3n) is 0. The molecule has 0 saturated heterocycles. The number of allylic oxidation sites excluding steroid dienone is 1. The third kappa shape index (κ3) is 328. The van der Waals surface area contributed by atoms with Crippen molar-refractivity contribution in [2.75, 3.05) is 0 Å². The molecule has 47 valence electrons. The van der Waals surface area contributed by atoms with E-state index in [1.807, 2.05) is 0 Å². The van der Waals surface area contributed by atoms with Crippen LogP contribution in [0.4, 0.5) is 0 Å². The Morgan fingerprint density at radius 3 is 1.25 bits per heavy atom. The van der Waals surface area contributed by atoms with E-state index in [1.54, 1.807) is 6.92 Å². The molecule has 0 aromatic carbocycles. The maximum atomic E-state index is 3.24. The molecule has 0 fully saturated rings. The van der Waals surface area contributed by atoms with E-state index in [1.165, 1.54) is 5.92 Å². The van der Waals surface area contributed by atoms with Crippen molar-refractivity contribution in [3.63, 3.8) is 0 Å². The molecule has 0 bridgehead atoms. The van der Waals surface area contributed by atoms with Gasteiger partial charge in [-0.1, -0.05) is 0 Å². The van der Waals surface area contributed by atoms with Crippen LogP contribution >= 0.6 is 0 Å². The fourth-order valence-electron chi connectivity index (χ4n) is 0.